The average molecular weight is 475 g/mol. The van der Waals surface area contributed by atoms with Gasteiger partial charge in [0.2, 0.25) is 5.91 Å². The van der Waals surface area contributed by atoms with Gasteiger partial charge in [-0.3, -0.25) is 9.59 Å². The lowest BCUT2D eigenvalue weighted by molar-refractivity contribution is -0.142. The molecule has 30 heavy (non-hydrogen) atoms. The number of halogens is 1. The van der Waals surface area contributed by atoms with Crippen molar-refractivity contribution in [3.05, 3.63) is 63.6 Å². The fourth-order valence-electron chi connectivity index (χ4n) is 3.01. The van der Waals surface area contributed by atoms with Crippen LogP contribution in [0.3, 0.4) is 0 Å². The van der Waals surface area contributed by atoms with E-state index in [1.54, 1.807) is 11.8 Å². The van der Waals surface area contributed by atoms with Gasteiger partial charge in [0.1, 0.15) is 11.8 Å². The normalized spacial score (nSPS) is 11.8. The number of benzene rings is 2. The Morgan fingerprint density at radius 1 is 1.10 bits per heavy atom. The second-order valence-corrected chi connectivity index (χ2v) is 8.57. The van der Waals surface area contributed by atoms with E-state index in [0.717, 1.165) is 15.6 Å². The van der Waals surface area contributed by atoms with Crippen LogP contribution >= 0.6 is 15.9 Å². The van der Waals surface area contributed by atoms with Gasteiger partial charge in [0.15, 0.2) is 6.61 Å². The summed E-state index contributed by atoms with van der Waals surface area (Å²) in [7, 11) is 0. The molecule has 5 nitrogen and oxygen atoms in total. The van der Waals surface area contributed by atoms with Gasteiger partial charge in [-0.25, -0.2) is 0 Å². The number of ether oxygens (including phenoxy) is 1. The molecule has 1 unspecified atom stereocenters. The van der Waals surface area contributed by atoms with Crippen LogP contribution in [0.25, 0.3) is 0 Å². The first kappa shape index (κ1) is 23.9. The van der Waals surface area contributed by atoms with Crippen molar-refractivity contribution in [3.63, 3.8) is 0 Å². The first-order valence-electron chi connectivity index (χ1n) is 10.3. The molecule has 0 aliphatic rings. The molecule has 0 heterocycles. The lowest BCUT2D eigenvalue weighted by Gasteiger charge is -2.28. The maximum Gasteiger partial charge on any atom is 0.261 e. The maximum absolute atomic E-state index is 13.0. The number of hydrogen-bond donors (Lipinski definition) is 1. The molecule has 0 spiro atoms. The number of carbonyl (C=O) groups is 2. The second-order valence-electron chi connectivity index (χ2n) is 7.71. The molecule has 0 radical (unpaired) electrons. The molecule has 1 atom stereocenters. The van der Waals surface area contributed by atoms with Crippen molar-refractivity contribution in [1.82, 2.24) is 10.2 Å². The molecular formula is C24H31BrN2O3. The van der Waals surface area contributed by atoms with Crippen LogP contribution in [-0.4, -0.2) is 35.9 Å². The molecule has 2 aromatic rings. The quantitative estimate of drug-likeness (QED) is 0.566. The molecule has 0 aromatic heterocycles. The van der Waals surface area contributed by atoms with E-state index in [0.29, 0.717) is 24.8 Å². The summed E-state index contributed by atoms with van der Waals surface area (Å²) in [6, 6.07) is 13.2. The van der Waals surface area contributed by atoms with Crippen molar-refractivity contribution in [3.8, 4) is 5.75 Å². The van der Waals surface area contributed by atoms with Crippen molar-refractivity contribution in [2.24, 2.45) is 0 Å². The summed E-state index contributed by atoms with van der Waals surface area (Å²) in [5, 5.41) is 2.79. The van der Waals surface area contributed by atoms with Crippen LogP contribution in [-0.2, 0) is 16.1 Å². The average Bonchev–Trinajstić information content (AvgIpc) is 2.71. The molecule has 0 aliphatic carbocycles. The number of hydrogen-bond acceptors (Lipinski definition) is 3. The van der Waals surface area contributed by atoms with Gasteiger partial charge in [0, 0.05) is 13.1 Å². The Morgan fingerprint density at radius 2 is 1.77 bits per heavy atom. The first-order chi connectivity index (χ1) is 14.2. The van der Waals surface area contributed by atoms with E-state index in [-0.39, 0.29) is 18.4 Å². The Labute approximate surface area is 187 Å². The van der Waals surface area contributed by atoms with Crippen molar-refractivity contribution in [2.45, 2.75) is 53.1 Å². The summed E-state index contributed by atoms with van der Waals surface area (Å²) in [6.07, 6.45) is 0. The van der Waals surface area contributed by atoms with Gasteiger partial charge in [-0.05, 0) is 65.9 Å². The van der Waals surface area contributed by atoms with E-state index in [1.165, 1.54) is 5.56 Å². The molecule has 0 saturated heterocycles. The maximum atomic E-state index is 13.0. The second kappa shape index (κ2) is 11.2. The number of likely N-dealkylation sites (N-methyl/N-ethyl adjacent to an activating group) is 1. The minimum Gasteiger partial charge on any atom is -0.483 e. The Balaban J connectivity index is 2.15. The Morgan fingerprint density at radius 3 is 2.33 bits per heavy atom. The van der Waals surface area contributed by atoms with Gasteiger partial charge in [-0.15, -0.1) is 0 Å². The van der Waals surface area contributed by atoms with Gasteiger partial charge in [-0.1, -0.05) is 49.7 Å². The van der Waals surface area contributed by atoms with Gasteiger partial charge in [0.05, 0.1) is 4.47 Å². The lowest BCUT2D eigenvalue weighted by atomic mass is 10.0. The minimum atomic E-state index is -0.603. The van der Waals surface area contributed by atoms with Crippen LogP contribution in [0.1, 0.15) is 50.3 Å². The molecule has 2 rings (SSSR count). The van der Waals surface area contributed by atoms with Gasteiger partial charge >= 0.3 is 0 Å². The topological polar surface area (TPSA) is 58.6 Å². The zero-order valence-corrected chi connectivity index (χ0v) is 20.0. The van der Waals surface area contributed by atoms with Crippen molar-refractivity contribution in [1.29, 1.82) is 0 Å². The number of nitrogens with zero attached hydrogens (tertiary/aromatic N) is 1. The summed E-state index contributed by atoms with van der Waals surface area (Å²) in [6.45, 7) is 10.6. The standard InChI is InChI=1S/C24H31BrN2O3/c1-6-26-24(29)18(5)27(14-19-9-7-17(4)8-10-19)23(28)15-30-22-12-11-20(16(2)3)13-21(22)25/h7-13,16,18H,6,14-15H2,1-5H3,(H,26,29). The van der Waals surface area contributed by atoms with E-state index in [9.17, 15) is 9.59 Å². The summed E-state index contributed by atoms with van der Waals surface area (Å²) in [4.78, 5) is 27.0. The van der Waals surface area contributed by atoms with Crippen molar-refractivity contribution < 1.29 is 14.3 Å². The number of carbonyl (C=O) groups excluding carboxylic acids is 2. The molecule has 0 bridgehead atoms. The van der Waals surface area contributed by atoms with Crippen LogP contribution < -0.4 is 10.1 Å². The zero-order valence-electron chi connectivity index (χ0n) is 18.4. The monoisotopic (exact) mass is 474 g/mol. The molecule has 162 valence electrons. The number of amides is 2. The number of aryl methyl sites for hydroxylation is 1. The van der Waals surface area contributed by atoms with Crippen molar-refractivity contribution >= 4 is 27.7 Å². The number of nitrogens with one attached hydrogen (secondary N) is 1. The van der Waals surface area contributed by atoms with E-state index < -0.39 is 6.04 Å². The van der Waals surface area contributed by atoms with Crippen LogP contribution in [0.5, 0.6) is 5.75 Å². The Bertz CT molecular complexity index is 865. The predicted octanol–water partition coefficient (Wildman–Crippen LogP) is 4.81. The van der Waals surface area contributed by atoms with Gasteiger partial charge < -0.3 is 15.0 Å². The summed E-state index contributed by atoms with van der Waals surface area (Å²) in [5.74, 6) is 0.586. The highest BCUT2D eigenvalue weighted by Crippen LogP contribution is 2.29. The highest BCUT2D eigenvalue weighted by Gasteiger charge is 2.26. The smallest absolute Gasteiger partial charge is 0.261 e. The molecular weight excluding hydrogens is 444 g/mol. The highest BCUT2D eigenvalue weighted by molar-refractivity contribution is 9.10. The van der Waals surface area contributed by atoms with E-state index in [2.05, 4.69) is 35.1 Å². The highest BCUT2D eigenvalue weighted by atomic mass is 79.9. The molecule has 6 heteroatoms. The fraction of sp³-hybridized carbons (Fsp3) is 0.417. The SMILES string of the molecule is CCNC(=O)C(C)N(Cc1ccc(C)cc1)C(=O)COc1ccc(C(C)C)cc1Br. The third-order valence-corrected chi connectivity index (χ3v) is 5.59. The number of rotatable bonds is 9. The van der Waals surface area contributed by atoms with Crippen LogP contribution in [0.2, 0.25) is 0 Å². The van der Waals surface area contributed by atoms with Gasteiger partial charge in [-0.2, -0.15) is 0 Å². The van der Waals surface area contributed by atoms with Crippen LogP contribution in [0.15, 0.2) is 46.9 Å². The minimum absolute atomic E-state index is 0.144. The third kappa shape index (κ3) is 6.59. The lowest BCUT2D eigenvalue weighted by Crippen LogP contribution is -2.49. The first-order valence-corrected chi connectivity index (χ1v) is 11.1. The summed E-state index contributed by atoms with van der Waals surface area (Å²) >= 11 is 3.52. The Hall–Kier alpha value is -2.34. The summed E-state index contributed by atoms with van der Waals surface area (Å²) < 4.78 is 6.60. The summed E-state index contributed by atoms with van der Waals surface area (Å²) in [5.41, 5.74) is 3.30. The van der Waals surface area contributed by atoms with Gasteiger partial charge in [0.25, 0.3) is 5.91 Å². The fourth-order valence-corrected chi connectivity index (χ4v) is 3.52. The van der Waals surface area contributed by atoms with Crippen LogP contribution in [0, 0.1) is 6.92 Å². The molecule has 0 saturated carbocycles. The molecule has 0 fully saturated rings. The third-order valence-electron chi connectivity index (χ3n) is 4.97. The Kier molecular flexibility index (Phi) is 8.90. The molecule has 0 aliphatic heterocycles. The van der Waals surface area contributed by atoms with E-state index >= 15 is 0 Å². The van der Waals surface area contributed by atoms with Crippen LogP contribution in [0.4, 0.5) is 0 Å². The molecule has 1 N–H and O–H groups in total. The van der Waals surface area contributed by atoms with E-state index in [4.69, 9.17) is 4.74 Å². The van der Waals surface area contributed by atoms with E-state index in [1.807, 2.05) is 56.3 Å². The molecule has 2 amide bonds. The zero-order chi connectivity index (χ0) is 22.3. The molecule has 2 aromatic carbocycles. The largest absolute Gasteiger partial charge is 0.483 e. The van der Waals surface area contributed by atoms with Crippen molar-refractivity contribution in [2.75, 3.05) is 13.2 Å². The predicted molar refractivity (Wildman–Crippen MR) is 124 cm³/mol.